The topological polar surface area (TPSA) is 89.2 Å². The second-order valence-corrected chi connectivity index (χ2v) is 8.68. The first kappa shape index (κ1) is 22.0. The normalized spacial score (nSPS) is 18.2. The molecule has 1 saturated carbocycles. The lowest BCUT2D eigenvalue weighted by molar-refractivity contribution is 0.0716. The van der Waals surface area contributed by atoms with E-state index >= 15 is 0 Å². The smallest absolute Gasteiger partial charge is 0.257 e. The Morgan fingerprint density at radius 3 is 2.65 bits per heavy atom. The van der Waals surface area contributed by atoms with Gasteiger partial charge >= 0.3 is 0 Å². The third-order valence-electron chi connectivity index (χ3n) is 6.40. The van der Waals surface area contributed by atoms with Gasteiger partial charge in [-0.1, -0.05) is 31.0 Å². The summed E-state index contributed by atoms with van der Waals surface area (Å²) < 4.78 is 18.2. The number of carbonyl (C=O) groups is 1. The van der Waals surface area contributed by atoms with Crippen molar-refractivity contribution in [2.45, 2.75) is 44.4 Å². The van der Waals surface area contributed by atoms with Gasteiger partial charge in [0, 0.05) is 30.5 Å². The second kappa shape index (κ2) is 9.23. The van der Waals surface area contributed by atoms with Gasteiger partial charge in [0.25, 0.3) is 5.91 Å². The number of aliphatic hydroxyl groups is 1. The number of aliphatic hydroxyl groups excluding tert-OH is 1. The standard InChI is InChI=1S/C26H25FN4O3/c27-21-6-3-5-19-24(21)30(15-17-9-11-18(12-10-17)31-14-4-13-28-31)16-20(25(19)33)26(34)29-22-7-1-2-8-23(22)32/h3-6,9-14,16,22-23,32H,1-2,7-8,15H2,(H,29,34)/t22?,23-/m0/s1. The Morgan fingerprint density at radius 1 is 1.12 bits per heavy atom. The molecule has 2 aromatic heterocycles. The minimum absolute atomic E-state index is 0.0657. The molecule has 2 aromatic carbocycles. The van der Waals surface area contributed by atoms with Crippen molar-refractivity contribution in [1.29, 1.82) is 0 Å². The Bertz CT molecular complexity index is 1380. The molecule has 174 valence electrons. The number of nitrogens with zero attached hydrogens (tertiary/aromatic N) is 3. The van der Waals surface area contributed by atoms with Crippen LogP contribution >= 0.6 is 0 Å². The summed E-state index contributed by atoms with van der Waals surface area (Å²) in [4.78, 5) is 26.2. The summed E-state index contributed by atoms with van der Waals surface area (Å²) in [5.74, 6) is -1.08. The van der Waals surface area contributed by atoms with Gasteiger partial charge in [0.15, 0.2) is 0 Å². The van der Waals surface area contributed by atoms with E-state index in [2.05, 4.69) is 10.4 Å². The number of nitrogens with one attached hydrogen (secondary N) is 1. The molecule has 0 saturated heterocycles. The minimum atomic E-state index is -0.633. The highest BCUT2D eigenvalue weighted by atomic mass is 19.1. The van der Waals surface area contributed by atoms with Gasteiger partial charge in [-0.25, -0.2) is 9.07 Å². The molecule has 2 N–H and O–H groups in total. The van der Waals surface area contributed by atoms with Crippen molar-refractivity contribution in [2.75, 3.05) is 0 Å². The highest BCUT2D eigenvalue weighted by molar-refractivity contribution is 5.97. The molecular weight excluding hydrogens is 435 g/mol. The van der Waals surface area contributed by atoms with Gasteiger partial charge in [0.05, 0.1) is 23.3 Å². The SMILES string of the molecule is O=C(NC1CCCC[C@@H]1O)c1cn(Cc2ccc(-n3cccn3)cc2)c2c(F)cccc2c1=O. The molecule has 1 fully saturated rings. The van der Waals surface area contributed by atoms with Gasteiger partial charge in [-0.05, 0) is 48.7 Å². The molecule has 1 unspecified atom stereocenters. The molecule has 8 heteroatoms. The van der Waals surface area contributed by atoms with E-state index in [1.807, 2.05) is 36.5 Å². The van der Waals surface area contributed by atoms with Gasteiger partial charge in [0.2, 0.25) is 5.43 Å². The van der Waals surface area contributed by atoms with Gasteiger partial charge in [-0.2, -0.15) is 5.10 Å². The average Bonchev–Trinajstić information content (AvgIpc) is 3.38. The van der Waals surface area contributed by atoms with Crippen molar-refractivity contribution in [3.63, 3.8) is 0 Å². The number of hydrogen-bond donors (Lipinski definition) is 2. The number of rotatable bonds is 5. The number of halogens is 1. The summed E-state index contributed by atoms with van der Waals surface area (Å²) in [5.41, 5.74) is 1.32. The van der Waals surface area contributed by atoms with E-state index in [-0.39, 0.29) is 23.0 Å². The van der Waals surface area contributed by atoms with Crippen molar-refractivity contribution in [3.05, 3.63) is 94.3 Å². The summed E-state index contributed by atoms with van der Waals surface area (Å²) >= 11 is 0. The summed E-state index contributed by atoms with van der Waals surface area (Å²) in [5, 5.41) is 17.4. The van der Waals surface area contributed by atoms with Gasteiger partial charge in [-0.15, -0.1) is 0 Å². The van der Waals surface area contributed by atoms with Crippen molar-refractivity contribution in [2.24, 2.45) is 0 Å². The van der Waals surface area contributed by atoms with Crippen LogP contribution in [0.4, 0.5) is 4.39 Å². The van der Waals surface area contributed by atoms with E-state index in [1.54, 1.807) is 15.4 Å². The Hall–Kier alpha value is -3.78. The number of carbonyl (C=O) groups excluding carboxylic acids is 1. The van der Waals surface area contributed by atoms with Crippen LogP contribution in [0.2, 0.25) is 0 Å². The predicted octanol–water partition coefficient (Wildman–Crippen LogP) is 3.41. The van der Waals surface area contributed by atoms with E-state index < -0.39 is 29.3 Å². The number of fused-ring (bicyclic) bond motifs is 1. The molecule has 0 radical (unpaired) electrons. The lowest BCUT2D eigenvalue weighted by Gasteiger charge is -2.28. The molecule has 1 aliphatic rings. The fourth-order valence-electron chi connectivity index (χ4n) is 4.60. The molecular formula is C26H25FN4O3. The maximum Gasteiger partial charge on any atom is 0.257 e. The third-order valence-corrected chi connectivity index (χ3v) is 6.40. The number of pyridine rings is 1. The second-order valence-electron chi connectivity index (χ2n) is 8.68. The van der Waals surface area contributed by atoms with E-state index in [0.717, 1.165) is 24.1 Å². The molecule has 34 heavy (non-hydrogen) atoms. The van der Waals surface area contributed by atoms with Crippen molar-refractivity contribution < 1.29 is 14.3 Å². The number of para-hydroxylation sites is 1. The first-order valence-electron chi connectivity index (χ1n) is 11.4. The lowest BCUT2D eigenvalue weighted by Crippen LogP contribution is -2.46. The van der Waals surface area contributed by atoms with Crippen LogP contribution < -0.4 is 10.7 Å². The zero-order valence-corrected chi connectivity index (χ0v) is 18.5. The molecule has 4 aromatic rings. The maximum absolute atomic E-state index is 14.8. The summed E-state index contributed by atoms with van der Waals surface area (Å²) in [6.45, 7) is 0.267. The molecule has 2 heterocycles. The summed E-state index contributed by atoms with van der Waals surface area (Å²) in [7, 11) is 0. The molecule has 1 amide bonds. The Kier molecular flexibility index (Phi) is 5.98. The van der Waals surface area contributed by atoms with Crippen LogP contribution in [0.15, 0.2) is 71.9 Å². The molecule has 5 rings (SSSR count). The summed E-state index contributed by atoms with van der Waals surface area (Å²) in [6, 6.07) is 13.4. The van der Waals surface area contributed by atoms with Crippen LogP contribution in [0.3, 0.4) is 0 Å². The van der Waals surface area contributed by atoms with Crippen LogP contribution in [0, 0.1) is 5.82 Å². The van der Waals surface area contributed by atoms with Gasteiger partial charge in [0.1, 0.15) is 11.4 Å². The van der Waals surface area contributed by atoms with E-state index in [9.17, 15) is 19.1 Å². The number of hydrogen-bond acceptors (Lipinski definition) is 4. The number of benzene rings is 2. The van der Waals surface area contributed by atoms with Crippen LogP contribution in [0.5, 0.6) is 0 Å². The first-order chi connectivity index (χ1) is 16.5. The van der Waals surface area contributed by atoms with Crippen LogP contribution in [-0.2, 0) is 6.54 Å². The average molecular weight is 461 g/mol. The van der Waals surface area contributed by atoms with E-state index in [0.29, 0.717) is 12.8 Å². The van der Waals surface area contributed by atoms with Crippen molar-refractivity contribution in [3.8, 4) is 5.69 Å². The largest absolute Gasteiger partial charge is 0.391 e. The van der Waals surface area contributed by atoms with Crippen LogP contribution in [-0.4, -0.2) is 37.5 Å². The minimum Gasteiger partial charge on any atom is -0.391 e. The molecule has 1 aliphatic carbocycles. The molecule has 2 atom stereocenters. The predicted molar refractivity (Wildman–Crippen MR) is 127 cm³/mol. The maximum atomic E-state index is 14.8. The number of amides is 1. The number of aromatic nitrogens is 3. The summed E-state index contributed by atoms with van der Waals surface area (Å²) in [6.07, 6.45) is 7.41. The zero-order valence-electron chi connectivity index (χ0n) is 18.5. The van der Waals surface area contributed by atoms with Crippen LogP contribution in [0.25, 0.3) is 16.6 Å². The van der Waals surface area contributed by atoms with Gasteiger partial charge in [-0.3, -0.25) is 9.59 Å². The highest BCUT2D eigenvalue weighted by Crippen LogP contribution is 2.21. The Morgan fingerprint density at radius 2 is 1.91 bits per heavy atom. The van der Waals surface area contributed by atoms with Crippen LogP contribution in [0.1, 0.15) is 41.6 Å². The zero-order chi connectivity index (χ0) is 23.7. The fourth-order valence-corrected chi connectivity index (χ4v) is 4.60. The fraction of sp³-hybridized carbons (Fsp3) is 0.269. The van der Waals surface area contributed by atoms with E-state index in [4.69, 9.17) is 0 Å². The Labute approximate surface area is 195 Å². The first-order valence-corrected chi connectivity index (χ1v) is 11.4. The molecule has 0 bridgehead atoms. The quantitative estimate of drug-likeness (QED) is 0.478. The highest BCUT2D eigenvalue weighted by Gasteiger charge is 2.26. The molecule has 7 nitrogen and oxygen atoms in total. The van der Waals surface area contributed by atoms with Gasteiger partial charge < -0.3 is 15.0 Å². The Balaban J connectivity index is 1.51. The van der Waals surface area contributed by atoms with Crippen molar-refractivity contribution >= 4 is 16.8 Å². The molecule has 0 spiro atoms. The molecule has 0 aliphatic heterocycles. The van der Waals surface area contributed by atoms with Crippen molar-refractivity contribution in [1.82, 2.24) is 19.7 Å². The third kappa shape index (κ3) is 4.24. The lowest BCUT2D eigenvalue weighted by atomic mass is 9.92. The van der Waals surface area contributed by atoms with E-state index in [1.165, 1.54) is 24.4 Å². The monoisotopic (exact) mass is 460 g/mol.